The minimum Gasteiger partial charge on any atom is -0.492 e. The fourth-order valence-electron chi connectivity index (χ4n) is 2.04. The molecule has 0 radical (unpaired) electrons. The van der Waals surface area contributed by atoms with E-state index in [-0.39, 0.29) is 12.6 Å². The van der Waals surface area contributed by atoms with Gasteiger partial charge in [0.15, 0.2) is 0 Å². The third-order valence-electron chi connectivity index (χ3n) is 3.42. The maximum atomic E-state index is 11.0. The summed E-state index contributed by atoms with van der Waals surface area (Å²) >= 11 is 0. The van der Waals surface area contributed by atoms with Crippen molar-refractivity contribution in [2.75, 3.05) is 6.61 Å². The van der Waals surface area contributed by atoms with Crippen molar-refractivity contribution in [2.45, 2.75) is 32.7 Å². The summed E-state index contributed by atoms with van der Waals surface area (Å²) in [5, 5.41) is 9.01. The normalized spacial score (nSPS) is 18.5. The van der Waals surface area contributed by atoms with E-state index in [9.17, 15) is 4.79 Å². The lowest BCUT2D eigenvalue weighted by Crippen LogP contribution is -2.30. The van der Waals surface area contributed by atoms with Crippen molar-refractivity contribution in [3.63, 3.8) is 0 Å². The van der Waals surface area contributed by atoms with Gasteiger partial charge in [-0.2, -0.15) is 0 Å². The summed E-state index contributed by atoms with van der Waals surface area (Å²) in [4.78, 5) is 11.0. The summed E-state index contributed by atoms with van der Waals surface area (Å²) in [7, 11) is 0. The molecule has 1 aromatic carbocycles. The molecule has 1 aliphatic rings. The van der Waals surface area contributed by atoms with E-state index in [0.29, 0.717) is 0 Å². The van der Waals surface area contributed by atoms with Crippen molar-refractivity contribution >= 4 is 5.97 Å². The number of hydrogen-bond acceptors (Lipinski definition) is 3. The van der Waals surface area contributed by atoms with Gasteiger partial charge in [0.2, 0.25) is 0 Å². The predicted molar refractivity (Wildman–Crippen MR) is 68.6 cm³/mol. The van der Waals surface area contributed by atoms with Crippen molar-refractivity contribution < 1.29 is 14.6 Å². The summed E-state index contributed by atoms with van der Waals surface area (Å²) in [6, 6.07) is 5.95. The first-order valence-corrected chi connectivity index (χ1v) is 6.15. The SMILES string of the molecule is CC(C)(COc1ccc2c(c1)CC[C@H]2N)C(=O)O. The Kier molecular flexibility index (Phi) is 3.30. The number of nitrogens with two attached hydrogens (primary N) is 1. The number of hydrogen-bond donors (Lipinski definition) is 2. The van der Waals surface area contributed by atoms with Crippen molar-refractivity contribution in [2.24, 2.45) is 11.1 Å². The molecule has 0 unspecified atom stereocenters. The maximum absolute atomic E-state index is 11.0. The van der Waals surface area contributed by atoms with Crippen LogP contribution < -0.4 is 10.5 Å². The zero-order valence-corrected chi connectivity index (χ0v) is 10.8. The van der Waals surface area contributed by atoms with E-state index >= 15 is 0 Å². The Bertz CT molecular complexity index is 468. The number of benzene rings is 1. The highest BCUT2D eigenvalue weighted by atomic mass is 16.5. The van der Waals surface area contributed by atoms with Crippen molar-refractivity contribution in [1.29, 1.82) is 0 Å². The Hall–Kier alpha value is -1.55. The van der Waals surface area contributed by atoms with E-state index in [1.807, 2.05) is 18.2 Å². The molecule has 0 heterocycles. The predicted octanol–water partition coefficient (Wildman–Crippen LogP) is 2.12. The first-order valence-electron chi connectivity index (χ1n) is 6.15. The highest BCUT2D eigenvalue weighted by molar-refractivity contribution is 5.73. The van der Waals surface area contributed by atoms with Gasteiger partial charge < -0.3 is 15.6 Å². The van der Waals surface area contributed by atoms with Crippen LogP contribution in [0.3, 0.4) is 0 Å². The number of rotatable bonds is 4. The third kappa shape index (κ3) is 2.48. The lowest BCUT2D eigenvalue weighted by atomic mass is 9.95. The van der Waals surface area contributed by atoms with E-state index in [4.69, 9.17) is 15.6 Å². The number of ether oxygens (including phenoxy) is 1. The van der Waals surface area contributed by atoms with Crippen LogP contribution in [0.4, 0.5) is 0 Å². The molecular formula is C14H19NO3. The van der Waals surface area contributed by atoms with Crippen LogP contribution in [-0.4, -0.2) is 17.7 Å². The fraction of sp³-hybridized carbons (Fsp3) is 0.500. The zero-order valence-electron chi connectivity index (χ0n) is 10.8. The Morgan fingerprint density at radius 1 is 1.56 bits per heavy atom. The Balaban J connectivity index is 2.06. The summed E-state index contributed by atoms with van der Waals surface area (Å²) in [5.74, 6) is -0.136. The van der Waals surface area contributed by atoms with E-state index in [1.54, 1.807) is 13.8 Å². The highest BCUT2D eigenvalue weighted by Crippen LogP contribution is 2.32. The largest absolute Gasteiger partial charge is 0.492 e. The maximum Gasteiger partial charge on any atom is 0.312 e. The third-order valence-corrected chi connectivity index (χ3v) is 3.42. The average Bonchev–Trinajstić information content (AvgIpc) is 2.68. The second kappa shape index (κ2) is 4.61. The van der Waals surface area contributed by atoms with Gasteiger partial charge >= 0.3 is 5.97 Å². The van der Waals surface area contributed by atoms with Gasteiger partial charge in [-0.15, -0.1) is 0 Å². The Morgan fingerprint density at radius 3 is 2.94 bits per heavy atom. The molecule has 4 heteroatoms. The molecule has 1 aromatic rings. The second-order valence-corrected chi connectivity index (χ2v) is 5.48. The number of aliphatic carboxylic acids is 1. The van der Waals surface area contributed by atoms with Crippen LogP contribution in [-0.2, 0) is 11.2 Å². The molecule has 0 amide bonds. The number of carbonyl (C=O) groups is 1. The van der Waals surface area contributed by atoms with Crippen LogP contribution in [0.5, 0.6) is 5.75 Å². The standard InChI is InChI=1S/C14H19NO3/c1-14(2,13(16)17)8-18-10-4-5-11-9(7-10)3-6-12(11)15/h4-5,7,12H,3,6,8,15H2,1-2H3,(H,16,17)/t12-/m1/s1. The molecule has 3 N–H and O–H groups in total. The molecule has 0 saturated heterocycles. The monoisotopic (exact) mass is 249 g/mol. The molecule has 0 aliphatic heterocycles. The van der Waals surface area contributed by atoms with E-state index in [1.165, 1.54) is 11.1 Å². The van der Waals surface area contributed by atoms with Gasteiger partial charge in [-0.25, -0.2) is 0 Å². The first-order chi connectivity index (χ1) is 8.40. The Morgan fingerprint density at radius 2 is 2.28 bits per heavy atom. The molecule has 1 aliphatic carbocycles. The van der Waals surface area contributed by atoms with Gasteiger partial charge in [0.25, 0.3) is 0 Å². The highest BCUT2D eigenvalue weighted by Gasteiger charge is 2.28. The molecule has 4 nitrogen and oxygen atoms in total. The second-order valence-electron chi connectivity index (χ2n) is 5.48. The average molecular weight is 249 g/mol. The van der Waals surface area contributed by atoms with Crippen molar-refractivity contribution in [3.8, 4) is 5.75 Å². The minimum atomic E-state index is -0.880. The smallest absolute Gasteiger partial charge is 0.312 e. The van der Waals surface area contributed by atoms with Gasteiger partial charge in [0, 0.05) is 6.04 Å². The lowest BCUT2D eigenvalue weighted by molar-refractivity contribution is -0.148. The van der Waals surface area contributed by atoms with Crippen LogP contribution in [0, 0.1) is 5.41 Å². The molecule has 0 fully saturated rings. The van der Waals surface area contributed by atoms with E-state index < -0.39 is 11.4 Å². The summed E-state index contributed by atoms with van der Waals surface area (Å²) in [6.07, 6.45) is 1.94. The van der Waals surface area contributed by atoms with Crippen LogP contribution in [0.1, 0.15) is 37.4 Å². The lowest BCUT2D eigenvalue weighted by Gasteiger charge is -2.19. The van der Waals surface area contributed by atoms with Crippen molar-refractivity contribution in [1.82, 2.24) is 0 Å². The molecule has 18 heavy (non-hydrogen) atoms. The van der Waals surface area contributed by atoms with Gasteiger partial charge in [0.05, 0.1) is 5.41 Å². The quantitative estimate of drug-likeness (QED) is 0.857. The number of carboxylic acid groups (broad SMARTS) is 1. The topological polar surface area (TPSA) is 72.5 Å². The fourth-order valence-corrected chi connectivity index (χ4v) is 2.04. The molecular weight excluding hydrogens is 230 g/mol. The van der Waals surface area contributed by atoms with Gasteiger partial charge in [-0.3, -0.25) is 4.79 Å². The van der Waals surface area contributed by atoms with Gasteiger partial charge in [-0.1, -0.05) is 6.07 Å². The molecule has 0 aromatic heterocycles. The molecule has 0 bridgehead atoms. The molecule has 0 spiro atoms. The number of carboxylic acids is 1. The number of aryl methyl sites for hydroxylation is 1. The van der Waals surface area contributed by atoms with Crippen LogP contribution in [0.2, 0.25) is 0 Å². The van der Waals surface area contributed by atoms with Crippen molar-refractivity contribution in [3.05, 3.63) is 29.3 Å². The number of fused-ring (bicyclic) bond motifs is 1. The van der Waals surface area contributed by atoms with Crippen LogP contribution in [0.15, 0.2) is 18.2 Å². The molecule has 1 atom stereocenters. The minimum absolute atomic E-state index is 0.129. The Labute approximate surface area is 107 Å². The van der Waals surface area contributed by atoms with Crippen LogP contribution in [0.25, 0.3) is 0 Å². The van der Waals surface area contributed by atoms with Gasteiger partial charge in [-0.05, 0) is 49.9 Å². The van der Waals surface area contributed by atoms with Gasteiger partial charge in [0.1, 0.15) is 12.4 Å². The van der Waals surface area contributed by atoms with Crippen LogP contribution >= 0.6 is 0 Å². The molecule has 2 rings (SSSR count). The first kappa shape index (κ1) is 12.9. The van der Waals surface area contributed by atoms with E-state index in [0.717, 1.165) is 18.6 Å². The summed E-state index contributed by atoms with van der Waals surface area (Å²) in [5.41, 5.74) is 7.48. The summed E-state index contributed by atoms with van der Waals surface area (Å²) < 4.78 is 5.57. The zero-order chi connectivity index (χ0) is 13.3. The molecule has 0 saturated carbocycles. The molecule has 98 valence electrons. The summed E-state index contributed by atoms with van der Waals surface area (Å²) in [6.45, 7) is 3.46. The van der Waals surface area contributed by atoms with E-state index in [2.05, 4.69) is 0 Å².